The molecule has 0 fully saturated rings. The maximum Gasteiger partial charge on any atom is 0.255 e. The van der Waals surface area contributed by atoms with Crippen LogP contribution in [0, 0.1) is 0 Å². The van der Waals surface area contributed by atoms with Gasteiger partial charge < -0.3 is 10.4 Å². The third kappa shape index (κ3) is 4.75. The maximum atomic E-state index is 11.7. The zero-order valence-electron chi connectivity index (χ0n) is 9.92. The van der Waals surface area contributed by atoms with Crippen LogP contribution in [0.3, 0.4) is 0 Å². The molecule has 0 radical (unpaired) electrons. The van der Waals surface area contributed by atoms with Crippen molar-refractivity contribution in [1.29, 1.82) is 0 Å². The highest BCUT2D eigenvalue weighted by atomic mass is 16.3. The molecule has 16 heavy (non-hydrogen) atoms. The van der Waals surface area contributed by atoms with Gasteiger partial charge >= 0.3 is 0 Å². The molecule has 3 nitrogen and oxygen atoms in total. The minimum absolute atomic E-state index is 0.101. The number of hydrogen-bond acceptors (Lipinski definition) is 2. The standard InChI is InChI=1S/C13H19NO2/c1-5-10(4)14-13(16)12(7-3)8-11(6-2)9-15/h6-8,15H,3-5,9H2,1-2H3,(H,14,16)/b11-6-,12-8+. The summed E-state index contributed by atoms with van der Waals surface area (Å²) in [6.07, 6.45) is 5.49. The smallest absolute Gasteiger partial charge is 0.255 e. The van der Waals surface area contributed by atoms with Gasteiger partial charge in [0.15, 0.2) is 0 Å². The number of hydrogen-bond donors (Lipinski definition) is 2. The molecule has 1 amide bonds. The van der Waals surface area contributed by atoms with Gasteiger partial charge in [0, 0.05) is 11.3 Å². The summed E-state index contributed by atoms with van der Waals surface area (Å²) in [5.74, 6) is -0.255. The van der Waals surface area contributed by atoms with E-state index in [4.69, 9.17) is 5.11 Å². The van der Waals surface area contributed by atoms with E-state index in [-0.39, 0.29) is 12.5 Å². The Balaban J connectivity index is 4.80. The van der Waals surface area contributed by atoms with Gasteiger partial charge in [-0.3, -0.25) is 4.79 Å². The summed E-state index contributed by atoms with van der Waals surface area (Å²) in [5, 5.41) is 11.6. The van der Waals surface area contributed by atoms with Gasteiger partial charge in [-0.25, -0.2) is 0 Å². The van der Waals surface area contributed by atoms with Crippen molar-refractivity contribution >= 4 is 5.91 Å². The van der Waals surface area contributed by atoms with E-state index in [9.17, 15) is 4.79 Å². The third-order valence-corrected chi connectivity index (χ3v) is 2.09. The molecule has 0 spiro atoms. The highest BCUT2D eigenvalue weighted by Crippen LogP contribution is 2.05. The molecular weight excluding hydrogens is 202 g/mol. The monoisotopic (exact) mass is 221 g/mol. The number of aliphatic hydroxyl groups excluding tert-OH is 1. The van der Waals surface area contributed by atoms with Gasteiger partial charge in [0.25, 0.3) is 5.91 Å². The molecular formula is C13H19NO2. The van der Waals surface area contributed by atoms with E-state index in [0.717, 1.165) is 0 Å². The lowest BCUT2D eigenvalue weighted by molar-refractivity contribution is -0.116. The molecule has 0 aromatic rings. The first kappa shape index (κ1) is 14.4. The number of amides is 1. The second kappa shape index (κ2) is 7.65. The Hall–Kier alpha value is -1.61. The summed E-state index contributed by atoms with van der Waals surface area (Å²) in [6.45, 7) is 10.9. The summed E-state index contributed by atoms with van der Waals surface area (Å²) in [6, 6.07) is 0. The Morgan fingerprint density at radius 2 is 2.12 bits per heavy atom. The summed E-state index contributed by atoms with van der Waals surface area (Å²) in [7, 11) is 0. The number of nitrogens with one attached hydrogen (secondary N) is 1. The van der Waals surface area contributed by atoms with Crippen LogP contribution in [0.1, 0.15) is 20.3 Å². The summed E-state index contributed by atoms with van der Waals surface area (Å²) in [5.41, 5.74) is 1.74. The Kier molecular flexibility index (Phi) is 6.88. The fraction of sp³-hybridized carbons (Fsp3) is 0.308. The van der Waals surface area contributed by atoms with Crippen LogP contribution in [-0.2, 0) is 4.79 Å². The average Bonchev–Trinajstić information content (AvgIpc) is 2.30. The molecule has 0 unspecified atom stereocenters. The lowest BCUT2D eigenvalue weighted by atomic mass is 10.1. The van der Waals surface area contributed by atoms with Crippen molar-refractivity contribution < 1.29 is 9.90 Å². The zero-order valence-corrected chi connectivity index (χ0v) is 9.92. The fourth-order valence-corrected chi connectivity index (χ4v) is 0.958. The number of allylic oxidation sites excluding steroid dienone is 2. The lowest BCUT2D eigenvalue weighted by Gasteiger charge is -2.07. The second-order valence-corrected chi connectivity index (χ2v) is 3.24. The number of aliphatic hydroxyl groups is 1. The number of rotatable bonds is 6. The minimum atomic E-state index is -0.255. The molecule has 0 aliphatic heterocycles. The van der Waals surface area contributed by atoms with Gasteiger partial charge in [-0.1, -0.05) is 32.2 Å². The molecule has 0 saturated heterocycles. The van der Waals surface area contributed by atoms with Gasteiger partial charge in [-0.05, 0) is 25.0 Å². The molecule has 88 valence electrons. The van der Waals surface area contributed by atoms with Gasteiger partial charge in [-0.2, -0.15) is 0 Å². The van der Waals surface area contributed by atoms with E-state index in [1.54, 1.807) is 19.1 Å². The van der Waals surface area contributed by atoms with E-state index in [0.29, 0.717) is 23.3 Å². The highest BCUT2D eigenvalue weighted by molar-refractivity contribution is 5.97. The Morgan fingerprint density at radius 3 is 2.50 bits per heavy atom. The van der Waals surface area contributed by atoms with Gasteiger partial charge in [0.2, 0.25) is 0 Å². The number of carbonyl (C=O) groups excluding carboxylic acids is 1. The van der Waals surface area contributed by atoms with Crippen molar-refractivity contribution in [3.8, 4) is 0 Å². The van der Waals surface area contributed by atoms with Crippen molar-refractivity contribution in [3.05, 3.63) is 48.2 Å². The number of carbonyl (C=O) groups is 1. The van der Waals surface area contributed by atoms with Crippen LogP contribution in [-0.4, -0.2) is 17.6 Å². The first-order valence-electron chi connectivity index (χ1n) is 5.18. The van der Waals surface area contributed by atoms with Crippen LogP contribution >= 0.6 is 0 Å². The predicted molar refractivity (Wildman–Crippen MR) is 66.7 cm³/mol. The molecule has 2 N–H and O–H groups in total. The third-order valence-electron chi connectivity index (χ3n) is 2.09. The molecule has 0 aliphatic rings. The van der Waals surface area contributed by atoms with Crippen LogP contribution in [0.25, 0.3) is 0 Å². The topological polar surface area (TPSA) is 49.3 Å². The molecule has 0 aromatic heterocycles. The van der Waals surface area contributed by atoms with Gasteiger partial charge in [0.1, 0.15) is 0 Å². The average molecular weight is 221 g/mol. The van der Waals surface area contributed by atoms with Crippen LogP contribution in [0.5, 0.6) is 0 Å². The molecule has 0 atom stereocenters. The summed E-state index contributed by atoms with van der Waals surface area (Å²) < 4.78 is 0. The lowest BCUT2D eigenvalue weighted by Crippen LogP contribution is -2.23. The summed E-state index contributed by atoms with van der Waals surface area (Å²) in [4.78, 5) is 11.7. The van der Waals surface area contributed by atoms with Crippen LogP contribution < -0.4 is 5.32 Å². The van der Waals surface area contributed by atoms with Crippen molar-refractivity contribution in [2.75, 3.05) is 6.61 Å². The molecule has 0 bridgehead atoms. The Morgan fingerprint density at radius 1 is 1.50 bits per heavy atom. The van der Waals surface area contributed by atoms with Crippen molar-refractivity contribution in [1.82, 2.24) is 5.32 Å². The van der Waals surface area contributed by atoms with Crippen LogP contribution in [0.15, 0.2) is 48.2 Å². The molecule has 3 heteroatoms. The molecule has 0 rings (SSSR count). The largest absolute Gasteiger partial charge is 0.392 e. The van der Waals surface area contributed by atoms with Crippen molar-refractivity contribution in [2.24, 2.45) is 0 Å². The summed E-state index contributed by atoms with van der Waals surface area (Å²) >= 11 is 0. The predicted octanol–water partition coefficient (Wildman–Crippen LogP) is 2.08. The van der Waals surface area contributed by atoms with E-state index in [2.05, 4.69) is 18.5 Å². The van der Waals surface area contributed by atoms with E-state index < -0.39 is 0 Å². The fourth-order valence-electron chi connectivity index (χ4n) is 0.958. The molecule has 0 aromatic carbocycles. The minimum Gasteiger partial charge on any atom is -0.392 e. The van der Waals surface area contributed by atoms with E-state index in [1.165, 1.54) is 6.08 Å². The normalized spacial score (nSPS) is 12.2. The van der Waals surface area contributed by atoms with E-state index >= 15 is 0 Å². The molecule has 0 saturated carbocycles. The quantitative estimate of drug-likeness (QED) is 0.533. The van der Waals surface area contributed by atoms with Gasteiger partial charge in [-0.15, -0.1) is 0 Å². The first-order valence-corrected chi connectivity index (χ1v) is 5.18. The zero-order chi connectivity index (χ0) is 12.6. The second-order valence-electron chi connectivity index (χ2n) is 3.24. The van der Waals surface area contributed by atoms with Crippen molar-refractivity contribution in [3.63, 3.8) is 0 Å². The Labute approximate surface area is 96.9 Å². The molecule has 0 aliphatic carbocycles. The SMILES string of the molecule is C=C/C(=C\C(=C\C)CO)C(=O)NC(=C)CC. The maximum absolute atomic E-state index is 11.7. The van der Waals surface area contributed by atoms with E-state index in [1.807, 2.05) is 6.92 Å². The van der Waals surface area contributed by atoms with Crippen LogP contribution in [0.4, 0.5) is 0 Å². The van der Waals surface area contributed by atoms with Gasteiger partial charge in [0.05, 0.1) is 6.61 Å². The highest BCUT2D eigenvalue weighted by Gasteiger charge is 2.06. The van der Waals surface area contributed by atoms with Crippen molar-refractivity contribution in [2.45, 2.75) is 20.3 Å². The Bertz CT molecular complexity index is 338. The first-order chi connectivity index (χ1) is 7.58. The van der Waals surface area contributed by atoms with Crippen LogP contribution in [0.2, 0.25) is 0 Å². The molecule has 0 heterocycles.